The van der Waals surface area contributed by atoms with E-state index in [9.17, 15) is 0 Å². The number of likely N-dealkylation sites (N-methyl/N-ethyl adjacent to an activating group) is 2. The highest BCUT2D eigenvalue weighted by molar-refractivity contribution is 5.82. The van der Waals surface area contributed by atoms with E-state index in [2.05, 4.69) is 35.1 Å². The minimum absolute atomic E-state index is 0.388. The highest BCUT2D eigenvalue weighted by atomic mass is 16.5. The van der Waals surface area contributed by atoms with Crippen molar-refractivity contribution in [2.75, 3.05) is 57.3 Å². The van der Waals surface area contributed by atoms with Gasteiger partial charge in [-0.1, -0.05) is 18.2 Å². The molecule has 170 valence electrons. The van der Waals surface area contributed by atoms with Crippen LogP contribution in [-0.2, 0) is 0 Å². The molecule has 0 saturated heterocycles. The lowest BCUT2D eigenvalue weighted by Gasteiger charge is -2.24. The molecule has 0 radical (unpaired) electrons. The number of ether oxygens (including phenoxy) is 1. The topological polar surface area (TPSA) is 105 Å². The van der Waals surface area contributed by atoms with Gasteiger partial charge < -0.3 is 25.6 Å². The standard InChI is InChI=1S/C24H28N8O/c1-31(2)9-10-32(3)21-13-22(33-4)20(12-18(21)25)29-24-28-15-27-23(30-24)17-11-16-7-5-6-8-19(16)26-14-17/h5-8,11-15H,9-10,25H2,1-4H3,(H,27,28,29,30). The predicted molar refractivity (Wildman–Crippen MR) is 133 cm³/mol. The zero-order chi connectivity index (χ0) is 23.4. The Morgan fingerprint density at radius 3 is 2.61 bits per heavy atom. The van der Waals surface area contributed by atoms with Crippen molar-refractivity contribution < 1.29 is 4.74 Å². The molecule has 0 unspecified atom stereocenters. The Bertz CT molecular complexity index is 1260. The number of pyridine rings is 1. The Balaban J connectivity index is 1.60. The van der Waals surface area contributed by atoms with Crippen molar-refractivity contribution in [3.8, 4) is 17.1 Å². The quantitative estimate of drug-likeness (QED) is 0.395. The molecule has 33 heavy (non-hydrogen) atoms. The Kier molecular flexibility index (Phi) is 6.50. The highest BCUT2D eigenvalue weighted by Gasteiger charge is 2.14. The first-order valence-corrected chi connectivity index (χ1v) is 10.6. The van der Waals surface area contributed by atoms with Crippen LogP contribution in [0.3, 0.4) is 0 Å². The number of fused-ring (bicyclic) bond motifs is 1. The number of hydrogen-bond acceptors (Lipinski definition) is 9. The minimum Gasteiger partial charge on any atom is -0.494 e. The van der Waals surface area contributed by atoms with Crippen LogP contribution >= 0.6 is 0 Å². The normalized spacial score (nSPS) is 11.1. The van der Waals surface area contributed by atoms with E-state index in [-0.39, 0.29) is 0 Å². The van der Waals surface area contributed by atoms with Crippen LogP contribution < -0.4 is 20.7 Å². The Labute approximate surface area is 193 Å². The lowest BCUT2D eigenvalue weighted by Crippen LogP contribution is -2.29. The fraction of sp³-hybridized carbons (Fsp3) is 0.250. The van der Waals surface area contributed by atoms with Crippen LogP contribution in [0.1, 0.15) is 0 Å². The first-order chi connectivity index (χ1) is 15.9. The van der Waals surface area contributed by atoms with Crippen LogP contribution in [0.4, 0.5) is 23.0 Å². The number of hydrogen-bond donors (Lipinski definition) is 2. The van der Waals surface area contributed by atoms with Crippen LogP contribution in [0, 0.1) is 0 Å². The van der Waals surface area contributed by atoms with E-state index in [0.717, 1.165) is 35.2 Å². The summed E-state index contributed by atoms with van der Waals surface area (Å²) in [5.41, 5.74) is 10.3. The molecule has 0 aliphatic heterocycles. The van der Waals surface area contributed by atoms with E-state index < -0.39 is 0 Å². The second-order valence-corrected chi connectivity index (χ2v) is 8.01. The third-order valence-electron chi connectivity index (χ3n) is 5.31. The number of nitrogens with two attached hydrogens (primary N) is 1. The van der Waals surface area contributed by atoms with Crippen molar-refractivity contribution in [2.24, 2.45) is 0 Å². The maximum Gasteiger partial charge on any atom is 0.230 e. The molecular formula is C24H28N8O. The molecule has 4 aromatic rings. The third-order valence-corrected chi connectivity index (χ3v) is 5.31. The molecule has 2 aromatic carbocycles. The summed E-state index contributed by atoms with van der Waals surface area (Å²) >= 11 is 0. The highest BCUT2D eigenvalue weighted by Crippen LogP contribution is 2.36. The van der Waals surface area contributed by atoms with Crippen molar-refractivity contribution in [3.63, 3.8) is 0 Å². The van der Waals surface area contributed by atoms with Crippen LogP contribution in [0.15, 0.2) is 55.0 Å². The SMILES string of the molecule is COc1cc(N(C)CCN(C)C)c(N)cc1Nc1ncnc(-c2cnc3ccccc3c2)n1. The summed E-state index contributed by atoms with van der Waals surface area (Å²) in [6, 6.07) is 13.7. The molecule has 0 fully saturated rings. The second kappa shape index (κ2) is 9.66. The van der Waals surface area contributed by atoms with E-state index in [1.165, 1.54) is 6.33 Å². The van der Waals surface area contributed by atoms with Gasteiger partial charge in [0.1, 0.15) is 12.1 Å². The van der Waals surface area contributed by atoms with Crippen molar-refractivity contribution in [3.05, 3.63) is 55.0 Å². The molecule has 3 N–H and O–H groups in total. The second-order valence-electron chi connectivity index (χ2n) is 8.01. The van der Waals surface area contributed by atoms with Gasteiger partial charge in [0.25, 0.3) is 0 Å². The van der Waals surface area contributed by atoms with Gasteiger partial charge in [0.15, 0.2) is 5.82 Å². The molecule has 0 bridgehead atoms. The number of methoxy groups -OCH3 is 1. The van der Waals surface area contributed by atoms with E-state index in [0.29, 0.717) is 28.9 Å². The van der Waals surface area contributed by atoms with E-state index in [1.54, 1.807) is 13.3 Å². The first kappa shape index (κ1) is 22.2. The summed E-state index contributed by atoms with van der Waals surface area (Å²) < 4.78 is 5.62. The van der Waals surface area contributed by atoms with Crippen molar-refractivity contribution >= 4 is 33.9 Å². The number of nitrogens with one attached hydrogen (secondary N) is 1. The summed E-state index contributed by atoms with van der Waals surface area (Å²) in [5.74, 6) is 1.56. The first-order valence-electron chi connectivity index (χ1n) is 10.6. The Morgan fingerprint density at radius 1 is 1.00 bits per heavy atom. The summed E-state index contributed by atoms with van der Waals surface area (Å²) in [5, 5.41) is 4.24. The average Bonchev–Trinajstić information content (AvgIpc) is 2.82. The molecule has 2 aromatic heterocycles. The van der Waals surface area contributed by atoms with E-state index in [4.69, 9.17) is 10.5 Å². The molecular weight excluding hydrogens is 416 g/mol. The van der Waals surface area contributed by atoms with Gasteiger partial charge in [-0.15, -0.1) is 0 Å². The molecule has 0 saturated carbocycles. The Morgan fingerprint density at radius 2 is 1.82 bits per heavy atom. The van der Waals surface area contributed by atoms with Gasteiger partial charge >= 0.3 is 0 Å². The monoisotopic (exact) mass is 444 g/mol. The lowest BCUT2D eigenvalue weighted by atomic mass is 10.1. The molecule has 0 amide bonds. The fourth-order valence-corrected chi connectivity index (χ4v) is 3.46. The number of rotatable bonds is 8. The number of aromatic nitrogens is 4. The minimum atomic E-state index is 0.388. The zero-order valence-electron chi connectivity index (χ0n) is 19.3. The van der Waals surface area contributed by atoms with Crippen LogP contribution in [0.5, 0.6) is 5.75 Å². The number of anilines is 4. The molecule has 9 nitrogen and oxygen atoms in total. The van der Waals surface area contributed by atoms with Gasteiger partial charge in [-0.25, -0.2) is 9.97 Å². The van der Waals surface area contributed by atoms with Crippen LogP contribution in [0.2, 0.25) is 0 Å². The van der Waals surface area contributed by atoms with Crippen LogP contribution in [0.25, 0.3) is 22.3 Å². The van der Waals surface area contributed by atoms with E-state index >= 15 is 0 Å². The van der Waals surface area contributed by atoms with Gasteiger partial charge in [-0.2, -0.15) is 4.98 Å². The van der Waals surface area contributed by atoms with Gasteiger partial charge in [0.2, 0.25) is 5.95 Å². The van der Waals surface area contributed by atoms with Crippen LogP contribution in [-0.4, -0.2) is 66.2 Å². The summed E-state index contributed by atoms with van der Waals surface area (Å²) in [7, 11) is 7.72. The zero-order valence-corrected chi connectivity index (χ0v) is 19.3. The number of nitrogens with zero attached hydrogens (tertiary/aromatic N) is 6. The molecule has 9 heteroatoms. The number of benzene rings is 2. The maximum absolute atomic E-state index is 6.37. The van der Waals surface area contributed by atoms with Crippen molar-refractivity contribution in [1.82, 2.24) is 24.8 Å². The fourth-order valence-electron chi connectivity index (χ4n) is 3.46. The molecule has 2 heterocycles. The molecule has 0 atom stereocenters. The molecule has 0 spiro atoms. The lowest BCUT2D eigenvalue weighted by molar-refractivity contribution is 0.413. The average molecular weight is 445 g/mol. The largest absolute Gasteiger partial charge is 0.494 e. The van der Waals surface area contributed by atoms with Gasteiger partial charge in [0.05, 0.1) is 29.7 Å². The smallest absolute Gasteiger partial charge is 0.230 e. The van der Waals surface area contributed by atoms with Gasteiger partial charge in [0, 0.05) is 43.4 Å². The third kappa shape index (κ3) is 5.09. The summed E-state index contributed by atoms with van der Waals surface area (Å²) in [6.07, 6.45) is 3.23. The molecule has 0 aliphatic rings. The number of nitrogen functional groups attached to an aromatic ring is 1. The molecule has 4 rings (SSSR count). The van der Waals surface area contributed by atoms with Crippen molar-refractivity contribution in [2.45, 2.75) is 0 Å². The van der Waals surface area contributed by atoms with Gasteiger partial charge in [-0.3, -0.25) is 4.98 Å². The maximum atomic E-state index is 6.37. The predicted octanol–water partition coefficient (Wildman–Crippen LogP) is 3.42. The summed E-state index contributed by atoms with van der Waals surface area (Å²) in [4.78, 5) is 21.9. The Hall–Kier alpha value is -3.98. The molecule has 0 aliphatic carbocycles. The summed E-state index contributed by atoms with van der Waals surface area (Å²) in [6.45, 7) is 1.75. The van der Waals surface area contributed by atoms with Crippen molar-refractivity contribution in [1.29, 1.82) is 0 Å². The number of para-hydroxylation sites is 1. The van der Waals surface area contributed by atoms with Gasteiger partial charge in [-0.05, 0) is 32.3 Å². The van der Waals surface area contributed by atoms with E-state index in [1.807, 2.05) is 63.6 Å².